The lowest BCUT2D eigenvalue weighted by Crippen LogP contribution is -2.35. The molecule has 0 aliphatic carbocycles. The number of thioether (sulfide) groups is 1. The molecule has 92 valence electrons. The molecule has 2 aromatic heterocycles. The van der Waals surface area contributed by atoms with Crippen molar-refractivity contribution in [3.63, 3.8) is 0 Å². The maximum atomic E-state index is 12.3. The molecule has 0 radical (unpaired) electrons. The van der Waals surface area contributed by atoms with E-state index in [0.29, 0.717) is 12.2 Å². The van der Waals surface area contributed by atoms with Crippen molar-refractivity contribution in [3.8, 4) is 0 Å². The molecule has 1 amide bonds. The van der Waals surface area contributed by atoms with Crippen LogP contribution in [0.2, 0.25) is 0 Å². The van der Waals surface area contributed by atoms with Gasteiger partial charge in [0.15, 0.2) is 0 Å². The number of carbonyl (C=O) groups is 1. The van der Waals surface area contributed by atoms with Crippen LogP contribution in [0.4, 0.5) is 5.69 Å². The first-order chi connectivity index (χ1) is 8.75. The Balaban J connectivity index is 1.96. The Hall–Kier alpha value is -1.82. The monoisotopic (exact) mass is 261 g/mol. The molecule has 0 saturated carbocycles. The van der Waals surface area contributed by atoms with Gasteiger partial charge in [-0.2, -0.15) is 0 Å². The van der Waals surface area contributed by atoms with Crippen LogP contribution in [0, 0.1) is 6.92 Å². The van der Waals surface area contributed by atoms with E-state index in [1.165, 1.54) is 0 Å². The van der Waals surface area contributed by atoms with E-state index in [9.17, 15) is 4.79 Å². The molecule has 1 aliphatic heterocycles. The fourth-order valence-corrected chi connectivity index (χ4v) is 2.79. The summed E-state index contributed by atoms with van der Waals surface area (Å²) < 4.78 is 5.03. The lowest BCUT2D eigenvalue weighted by Gasteiger charge is -2.26. The number of hydrogen-bond acceptors (Lipinski definition) is 5. The summed E-state index contributed by atoms with van der Waals surface area (Å²) in [5, 5.41) is 4.63. The van der Waals surface area contributed by atoms with Gasteiger partial charge in [-0.1, -0.05) is 5.16 Å². The van der Waals surface area contributed by atoms with Gasteiger partial charge in [0.05, 0.1) is 11.4 Å². The predicted molar refractivity (Wildman–Crippen MR) is 67.9 cm³/mol. The molecule has 0 N–H and O–H groups in total. The Morgan fingerprint density at radius 2 is 2.44 bits per heavy atom. The first kappa shape index (κ1) is 11.3. The van der Waals surface area contributed by atoms with Gasteiger partial charge in [-0.15, -0.1) is 11.8 Å². The smallest absolute Gasteiger partial charge is 0.296 e. The number of pyridine rings is 1. The summed E-state index contributed by atoms with van der Waals surface area (Å²) in [6, 6.07) is 5.38. The van der Waals surface area contributed by atoms with Crippen molar-refractivity contribution >= 4 is 23.4 Å². The van der Waals surface area contributed by atoms with Gasteiger partial charge in [-0.05, 0) is 19.1 Å². The lowest BCUT2D eigenvalue weighted by molar-refractivity contribution is 0.0952. The minimum Gasteiger partial charge on any atom is -0.351 e. The quantitative estimate of drug-likeness (QED) is 0.787. The normalized spacial score (nSPS) is 14.4. The van der Waals surface area contributed by atoms with Gasteiger partial charge >= 0.3 is 0 Å². The number of amides is 1. The first-order valence-corrected chi connectivity index (χ1v) is 6.57. The number of rotatable bonds is 1. The van der Waals surface area contributed by atoms with Crippen molar-refractivity contribution in [2.24, 2.45) is 0 Å². The number of nitrogens with zero attached hydrogens (tertiary/aromatic N) is 3. The molecule has 6 heteroatoms. The minimum absolute atomic E-state index is 0.162. The SMILES string of the molecule is Cc1cc(C(=O)N2CCSc3ncccc32)on1. The van der Waals surface area contributed by atoms with Crippen molar-refractivity contribution in [2.45, 2.75) is 11.9 Å². The molecule has 3 heterocycles. The second-order valence-corrected chi connectivity index (χ2v) is 5.05. The van der Waals surface area contributed by atoms with E-state index >= 15 is 0 Å². The molecule has 0 spiro atoms. The standard InChI is InChI=1S/C12H11N3O2S/c1-8-7-10(17-14-8)12(16)15-5-6-18-11-9(15)3-2-4-13-11/h2-4,7H,5-6H2,1H3. The van der Waals surface area contributed by atoms with Gasteiger partial charge in [-0.3, -0.25) is 4.79 Å². The molecule has 5 nitrogen and oxygen atoms in total. The second-order valence-electron chi connectivity index (χ2n) is 3.97. The van der Waals surface area contributed by atoms with Crippen LogP contribution < -0.4 is 4.90 Å². The largest absolute Gasteiger partial charge is 0.351 e. The summed E-state index contributed by atoms with van der Waals surface area (Å²) >= 11 is 1.66. The predicted octanol–water partition coefficient (Wildman–Crippen LogP) is 2.13. The first-order valence-electron chi connectivity index (χ1n) is 5.59. The molecule has 0 saturated heterocycles. The highest BCUT2D eigenvalue weighted by Gasteiger charge is 2.26. The fraction of sp³-hybridized carbons (Fsp3) is 0.250. The van der Waals surface area contributed by atoms with Crippen LogP contribution in [0.5, 0.6) is 0 Å². The molecule has 18 heavy (non-hydrogen) atoms. The van der Waals surface area contributed by atoms with E-state index in [1.54, 1.807) is 35.8 Å². The summed E-state index contributed by atoms with van der Waals surface area (Å²) in [4.78, 5) is 18.3. The highest BCUT2D eigenvalue weighted by molar-refractivity contribution is 7.99. The van der Waals surface area contributed by atoms with Crippen molar-refractivity contribution in [1.82, 2.24) is 10.1 Å². The van der Waals surface area contributed by atoms with Crippen molar-refractivity contribution in [1.29, 1.82) is 0 Å². The number of aromatic nitrogens is 2. The van der Waals surface area contributed by atoms with E-state index < -0.39 is 0 Å². The van der Waals surface area contributed by atoms with Crippen LogP contribution in [-0.2, 0) is 0 Å². The van der Waals surface area contributed by atoms with E-state index in [2.05, 4.69) is 10.1 Å². The third-order valence-corrected chi connectivity index (χ3v) is 3.65. The Bertz CT molecular complexity index is 597. The molecule has 3 rings (SSSR count). The van der Waals surface area contributed by atoms with Crippen LogP contribution >= 0.6 is 11.8 Å². The van der Waals surface area contributed by atoms with Crippen molar-refractivity contribution in [2.75, 3.05) is 17.2 Å². The summed E-state index contributed by atoms with van der Waals surface area (Å²) in [6.07, 6.45) is 1.73. The molecular weight excluding hydrogens is 250 g/mol. The average Bonchev–Trinajstić information content (AvgIpc) is 2.84. The van der Waals surface area contributed by atoms with Crippen molar-refractivity contribution in [3.05, 3.63) is 35.9 Å². The third-order valence-electron chi connectivity index (χ3n) is 2.68. The van der Waals surface area contributed by atoms with Gasteiger partial charge < -0.3 is 9.42 Å². The molecule has 0 aromatic carbocycles. The van der Waals surface area contributed by atoms with Gasteiger partial charge in [-0.25, -0.2) is 4.98 Å². The van der Waals surface area contributed by atoms with E-state index in [4.69, 9.17) is 4.52 Å². The third kappa shape index (κ3) is 1.88. The Labute approximate surface area is 108 Å². The number of carbonyl (C=O) groups excluding carboxylic acids is 1. The minimum atomic E-state index is -0.162. The topological polar surface area (TPSA) is 59.2 Å². The Morgan fingerprint density at radius 3 is 3.22 bits per heavy atom. The van der Waals surface area contributed by atoms with Crippen molar-refractivity contribution < 1.29 is 9.32 Å². The Kier molecular flexibility index (Phi) is 2.79. The number of fused-ring (bicyclic) bond motifs is 1. The van der Waals surface area contributed by atoms with Crippen LogP contribution in [0.25, 0.3) is 0 Å². The van der Waals surface area contributed by atoms with E-state index in [0.717, 1.165) is 16.5 Å². The number of hydrogen-bond donors (Lipinski definition) is 0. The lowest BCUT2D eigenvalue weighted by atomic mass is 10.3. The molecule has 0 unspecified atom stereocenters. The molecule has 1 aliphatic rings. The molecule has 0 bridgehead atoms. The zero-order valence-electron chi connectivity index (χ0n) is 9.79. The second kappa shape index (κ2) is 4.45. The van der Waals surface area contributed by atoms with Crippen LogP contribution in [0.15, 0.2) is 33.9 Å². The molecule has 0 fully saturated rings. The van der Waals surface area contributed by atoms with Crippen LogP contribution in [0.1, 0.15) is 16.2 Å². The number of anilines is 1. The van der Waals surface area contributed by atoms with E-state index in [-0.39, 0.29) is 11.7 Å². The summed E-state index contributed by atoms with van der Waals surface area (Å²) in [7, 11) is 0. The van der Waals surface area contributed by atoms with Gasteiger partial charge in [0.1, 0.15) is 5.03 Å². The van der Waals surface area contributed by atoms with Crippen LogP contribution in [0.3, 0.4) is 0 Å². The zero-order valence-corrected chi connectivity index (χ0v) is 10.6. The highest BCUT2D eigenvalue weighted by atomic mass is 32.2. The molecular formula is C12H11N3O2S. The maximum absolute atomic E-state index is 12.3. The summed E-state index contributed by atoms with van der Waals surface area (Å²) in [5.74, 6) is 0.947. The zero-order chi connectivity index (χ0) is 12.5. The summed E-state index contributed by atoms with van der Waals surface area (Å²) in [6.45, 7) is 2.45. The Morgan fingerprint density at radius 1 is 1.56 bits per heavy atom. The fourth-order valence-electron chi connectivity index (χ4n) is 1.86. The van der Waals surface area contributed by atoms with Crippen LogP contribution in [-0.4, -0.2) is 28.3 Å². The average molecular weight is 261 g/mol. The van der Waals surface area contributed by atoms with Gasteiger partial charge in [0.2, 0.25) is 5.76 Å². The summed E-state index contributed by atoms with van der Waals surface area (Å²) in [5.41, 5.74) is 1.55. The van der Waals surface area contributed by atoms with Gasteiger partial charge in [0, 0.05) is 24.6 Å². The molecule has 2 aromatic rings. The van der Waals surface area contributed by atoms with E-state index in [1.807, 2.05) is 12.1 Å². The number of aryl methyl sites for hydroxylation is 1. The molecule has 0 atom stereocenters. The highest BCUT2D eigenvalue weighted by Crippen LogP contribution is 2.33. The van der Waals surface area contributed by atoms with Gasteiger partial charge in [0.25, 0.3) is 5.91 Å². The maximum Gasteiger partial charge on any atom is 0.296 e.